The van der Waals surface area contributed by atoms with Crippen LogP contribution in [0.15, 0.2) is 24.3 Å². The van der Waals surface area contributed by atoms with Crippen molar-refractivity contribution in [3.8, 4) is 6.07 Å². The van der Waals surface area contributed by atoms with Crippen molar-refractivity contribution in [2.24, 2.45) is 5.41 Å². The zero-order valence-corrected chi connectivity index (χ0v) is 11.3. The summed E-state index contributed by atoms with van der Waals surface area (Å²) in [6.07, 6.45) is 1.81. The quantitative estimate of drug-likeness (QED) is 0.828. The maximum atomic E-state index is 12.5. The lowest BCUT2D eigenvalue weighted by Crippen LogP contribution is -2.65. The normalized spacial score (nSPS) is 20.0. The Morgan fingerprint density at radius 2 is 1.86 bits per heavy atom. The highest BCUT2D eigenvalue weighted by atomic mass is 16.2. The Labute approximate surface area is 121 Å². The minimum atomic E-state index is -1.04. The molecule has 1 aromatic rings. The van der Waals surface area contributed by atoms with E-state index in [-0.39, 0.29) is 6.54 Å². The van der Waals surface area contributed by atoms with Crippen LogP contribution in [0.4, 0.5) is 4.79 Å². The lowest BCUT2D eigenvalue weighted by Gasteiger charge is -2.44. The summed E-state index contributed by atoms with van der Waals surface area (Å²) in [5, 5.41) is 11.0. The fraction of sp³-hybridized carbons (Fsp3) is 0.333. The smallest absolute Gasteiger partial charge is 0.277 e. The molecule has 0 radical (unpaired) electrons. The average molecular weight is 283 g/mol. The van der Waals surface area contributed by atoms with E-state index in [9.17, 15) is 14.4 Å². The molecule has 0 bridgehead atoms. The van der Waals surface area contributed by atoms with Crippen LogP contribution in [-0.2, 0) is 16.1 Å². The van der Waals surface area contributed by atoms with Crippen molar-refractivity contribution >= 4 is 17.8 Å². The molecule has 1 saturated carbocycles. The van der Waals surface area contributed by atoms with Crippen LogP contribution in [0.3, 0.4) is 0 Å². The molecule has 4 amide bonds. The lowest BCUT2D eigenvalue weighted by molar-refractivity contribution is -0.158. The molecule has 0 atom stereocenters. The van der Waals surface area contributed by atoms with Gasteiger partial charge >= 0.3 is 6.03 Å². The number of carbonyl (C=O) groups excluding carboxylic acids is 3. The van der Waals surface area contributed by atoms with Crippen molar-refractivity contribution in [1.82, 2.24) is 10.2 Å². The summed E-state index contributed by atoms with van der Waals surface area (Å²) in [4.78, 5) is 37.3. The van der Waals surface area contributed by atoms with Crippen molar-refractivity contribution in [1.29, 1.82) is 5.26 Å². The third-order valence-corrected chi connectivity index (χ3v) is 4.19. The molecule has 0 unspecified atom stereocenters. The third-order valence-electron chi connectivity index (χ3n) is 4.19. The molecule has 1 heterocycles. The Balaban J connectivity index is 1.83. The summed E-state index contributed by atoms with van der Waals surface area (Å²) in [5.41, 5.74) is 0.209. The molecule has 1 aliphatic carbocycles. The standard InChI is InChI=1S/C15H13N3O3/c16-8-10-2-4-11(5-3-10)9-18-13(20)15(6-1-7-15)12(19)17-14(18)21/h2-5H,1,6-7,9H2,(H,17,19,21). The molecule has 106 valence electrons. The highest BCUT2D eigenvalue weighted by molar-refractivity contribution is 6.19. The van der Waals surface area contributed by atoms with E-state index in [0.29, 0.717) is 18.4 Å². The van der Waals surface area contributed by atoms with Gasteiger partial charge in [-0.25, -0.2) is 4.79 Å². The molecule has 1 saturated heterocycles. The second-order valence-electron chi connectivity index (χ2n) is 5.39. The van der Waals surface area contributed by atoms with Gasteiger partial charge in [0.2, 0.25) is 11.8 Å². The van der Waals surface area contributed by atoms with Gasteiger partial charge in [0.25, 0.3) is 0 Å². The largest absolute Gasteiger partial charge is 0.331 e. The van der Waals surface area contributed by atoms with Gasteiger partial charge in [-0.15, -0.1) is 0 Å². The minimum absolute atomic E-state index is 0.103. The van der Waals surface area contributed by atoms with Crippen LogP contribution in [-0.4, -0.2) is 22.7 Å². The molecule has 21 heavy (non-hydrogen) atoms. The highest BCUT2D eigenvalue weighted by Crippen LogP contribution is 2.44. The topological polar surface area (TPSA) is 90.3 Å². The van der Waals surface area contributed by atoms with Crippen LogP contribution < -0.4 is 5.32 Å². The first kappa shape index (κ1) is 13.3. The van der Waals surface area contributed by atoms with Crippen molar-refractivity contribution < 1.29 is 14.4 Å². The van der Waals surface area contributed by atoms with Gasteiger partial charge in [-0.2, -0.15) is 5.26 Å². The van der Waals surface area contributed by atoms with Gasteiger partial charge < -0.3 is 0 Å². The minimum Gasteiger partial charge on any atom is -0.277 e. The van der Waals surface area contributed by atoms with E-state index in [4.69, 9.17) is 5.26 Å². The van der Waals surface area contributed by atoms with Crippen LogP contribution in [0.1, 0.15) is 30.4 Å². The summed E-state index contributed by atoms with van der Waals surface area (Å²) in [6, 6.07) is 7.99. The van der Waals surface area contributed by atoms with Crippen LogP contribution >= 0.6 is 0 Å². The van der Waals surface area contributed by atoms with Crippen molar-refractivity contribution in [3.05, 3.63) is 35.4 Å². The molecular formula is C15H13N3O3. The second-order valence-corrected chi connectivity index (χ2v) is 5.39. The Hall–Kier alpha value is -2.68. The monoisotopic (exact) mass is 283 g/mol. The molecule has 6 nitrogen and oxygen atoms in total. The number of rotatable bonds is 2. The molecule has 2 fully saturated rings. The summed E-state index contributed by atoms with van der Waals surface area (Å²) in [7, 11) is 0. The van der Waals surface area contributed by atoms with E-state index in [1.165, 1.54) is 0 Å². The number of nitriles is 1. The predicted octanol–water partition coefficient (Wildman–Crippen LogP) is 1.31. The van der Waals surface area contributed by atoms with Gasteiger partial charge in [0, 0.05) is 0 Å². The van der Waals surface area contributed by atoms with Gasteiger partial charge in [0.15, 0.2) is 0 Å². The first-order valence-electron chi connectivity index (χ1n) is 6.73. The van der Waals surface area contributed by atoms with E-state index < -0.39 is 23.3 Å². The van der Waals surface area contributed by atoms with Gasteiger partial charge in [-0.05, 0) is 30.5 Å². The van der Waals surface area contributed by atoms with Crippen LogP contribution in [0, 0.1) is 16.7 Å². The third kappa shape index (κ3) is 1.98. The van der Waals surface area contributed by atoms with Crippen molar-refractivity contribution in [2.75, 3.05) is 0 Å². The van der Waals surface area contributed by atoms with E-state index in [1.807, 2.05) is 6.07 Å². The molecule has 6 heteroatoms. The van der Waals surface area contributed by atoms with E-state index >= 15 is 0 Å². The van der Waals surface area contributed by atoms with Crippen LogP contribution in [0.5, 0.6) is 0 Å². The maximum absolute atomic E-state index is 12.5. The van der Waals surface area contributed by atoms with Gasteiger partial charge in [0.05, 0.1) is 18.2 Å². The Morgan fingerprint density at radius 3 is 2.38 bits per heavy atom. The number of benzene rings is 1. The summed E-state index contributed by atoms with van der Waals surface area (Å²) in [6.45, 7) is 0.103. The first-order chi connectivity index (χ1) is 10.1. The van der Waals surface area contributed by atoms with Crippen LogP contribution in [0.25, 0.3) is 0 Å². The van der Waals surface area contributed by atoms with Crippen LogP contribution in [0.2, 0.25) is 0 Å². The van der Waals surface area contributed by atoms with E-state index in [0.717, 1.165) is 16.9 Å². The molecular weight excluding hydrogens is 270 g/mol. The molecule has 3 rings (SSSR count). The number of amides is 4. The number of hydrogen-bond acceptors (Lipinski definition) is 4. The van der Waals surface area contributed by atoms with Crippen molar-refractivity contribution in [3.63, 3.8) is 0 Å². The molecule has 2 aliphatic rings. The lowest BCUT2D eigenvalue weighted by atomic mass is 9.66. The zero-order valence-electron chi connectivity index (χ0n) is 11.3. The number of urea groups is 1. The summed E-state index contributed by atoms with van der Waals surface area (Å²) in [5.74, 6) is -0.883. The van der Waals surface area contributed by atoms with E-state index in [1.54, 1.807) is 24.3 Å². The van der Waals surface area contributed by atoms with Crippen molar-refractivity contribution in [2.45, 2.75) is 25.8 Å². The second kappa shape index (κ2) is 4.70. The Morgan fingerprint density at radius 1 is 1.19 bits per heavy atom. The SMILES string of the molecule is N#Cc1ccc(CN2C(=O)NC(=O)C3(CCC3)C2=O)cc1. The molecule has 1 spiro atoms. The number of barbiturate groups is 1. The Bertz CT molecular complexity index is 668. The van der Waals surface area contributed by atoms with E-state index in [2.05, 4.69) is 5.32 Å². The number of nitrogens with zero attached hydrogens (tertiary/aromatic N) is 2. The fourth-order valence-electron chi connectivity index (χ4n) is 2.71. The molecule has 0 aromatic heterocycles. The predicted molar refractivity (Wildman–Crippen MR) is 71.5 cm³/mol. The number of hydrogen-bond donors (Lipinski definition) is 1. The number of carbonyl (C=O) groups is 3. The molecule has 1 aliphatic heterocycles. The number of imide groups is 2. The molecule has 1 N–H and O–H groups in total. The summed E-state index contributed by atoms with van der Waals surface area (Å²) >= 11 is 0. The number of nitrogens with one attached hydrogen (secondary N) is 1. The highest BCUT2D eigenvalue weighted by Gasteiger charge is 2.57. The molecule has 1 aromatic carbocycles. The first-order valence-corrected chi connectivity index (χ1v) is 6.73. The average Bonchev–Trinajstić information content (AvgIpc) is 2.42. The maximum Gasteiger partial charge on any atom is 0.331 e. The van der Waals surface area contributed by atoms with Gasteiger partial charge in [0.1, 0.15) is 5.41 Å². The zero-order chi connectivity index (χ0) is 15.0. The van der Waals surface area contributed by atoms with Gasteiger partial charge in [-0.1, -0.05) is 18.6 Å². The van der Waals surface area contributed by atoms with Gasteiger partial charge in [-0.3, -0.25) is 19.8 Å². The Kier molecular flexibility index (Phi) is 2.98. The summed E-state index contributed by atoms with van der Waals surface area (Å²) < 4.78 is 0. The fourth-order valence-corrected chi connectivity index (χ4v) is 2.71.